The van der Waals surface area contributed by atoms with Crippen molar-refractivity contribution in [2.24, 2.45) is 0 Å². The summed E-state index contributed by atoms with van der Waals surface area (Å²) in [7, 11) is 3.05. The van der Waals surface area contributed by atoms with Crippen molar-refractivity contribution in [2.45, 2.75) is 6.04 Å². The normalized spacial score (nSPS) is 11.3. The van der Waals surface area contributed by atoms with E-state index in [1.165, 1.54) is 62.0 Å². The minimum atomic E-state index is -1.15. The average molecular weight is 487 g/mol. The Bertz CT molecular complexity index is 1330. The lowest BCUT2D eigenvalue weighted by Crippen LogP contribution is -2.42. The van der Waals surface area contributed by atoms with E-state index in [0.717, 1.165) is 0 Å². The Hall–Kier alpha value is -4.79. The second kappa shape index (κ2) is 11.1. The number of hydrogen-bond acceptors (Lipinski definition) is 6. The zero-order valence-electron chi connectivity index (χ0n) is 19.6. The van der Waals surface area contributed by atoms with Crippen LogP contribution in [0.1, 0.15) is 22.1 Å². The van der Waals surface area contributed by atoms with Crippen LogP contribution in [-0.2, 0) is 4.79 Å². The molecular weight excluding hydrogens is 463 g/mol. The summed E-state index contributed by atoms with van der Waals surface area (Å²) in [6.45, 7) is 0. The Morgan fingerprint density at radius 1 is 0.917 bits per heavy atom. The zero-order chi connectivity index (χ0) is 25.5. The predicted octanol–water partition coefficient (Wildman–Crippen LogP) is 4.66. The predicted molar refractivity (Wildman–Crippen MR) is 133 cm³/mol. The molecule has 4 rings (SSSR count). The van der Waals surface area contributed by atoms with E-state index in [0.29, 0.717) is 28.4 Å². The fraction of sp³-hybridized carbons (Fsp3) is 0.111. The van der Waals surface area contributed by atoms with Gasteiger partial charge in [-0.05, 0) is 66.2 Å². The molecule has 1 N–H and O–H groups in total. The van der Waals surface area contributed by atoms with E-state index in [4.69, 9.17) is 9.47 Å². The number of benzene rings is 3. The summed E-state index contributed by atoms with van der Waals surface area (Å²) < 4.78 is 24.0. The Morgan fingerprint density at radius 3 is 2.28 bits per heavy atom. The molecule has 9 heteroatoms. The number of nitrogens with one attached hydrogen (secondary N) is 1. The van der Waals surface area contributed by atoms with E-state index >= 15 is 0 Å². The van der Waals surface area contributed by atoms with Gasteiger partial charge in [0.25, 0.3) is 11.8 Å². The van der Waals surface area contributed by atoms with Gasteiger partial charge in [0.1, 0.15) is 29.1 Å². The molecule has 0 fully saturated rings. The van der Waals surface area contributed by atoms with Crippen molar-refractivity contribution in [3.8, 4) is 11.5 Å². The number of hydrogen-bond donors (Lipinski definition) is 1. The highest BCUT2D eigenvalue weighted by molar-refractivity contribution is 6.11. The Balaban J connectivity index is 1.85. The number of ether oxygens (including phenoxy) is 2. The van der Waals surface area contributed by atoms with Crippen molar-refractivity contribution < 1.29 is 23.5 Å². The van der Waals surface area contributed by atoms with Crippen molar-refractivity contribution in [1.82, 2.24) is 9.97 Å². The highest BCUT2D eigenvalue weighted by Gasteiger charge is 2.34. The maximum absolute atomic E-state index is 13.8. The fourth-order valence-corrected chi connectivity index (χ4v) is 3.63. The van der Waals surface area contributed by atoms with E-state index < -0.39 is 23.7 Å². The quantitative estimate of drug-likeness (QED) is 0.389. The lowest BCUT2D eigenvalue weighted by atomic mass is 10.0. The van der Waals surface area contributed by atoms with E-state index in [1.54, 1.807) is 48.5 Å². The molecule has 1 atom stereocenters. The van der Waals surface area contributed by atoms with E-state index in [1.807, 2.05) is 0 Å². The van der Waals surface area contributed by atoms with Crippen LogP contribution in [0.4, 0.5) is 15.8 Å². The lowest BCUT2D eigenvalue weighted by Gasteiger charge is -2.31. The Labute approximate surface area is 207 Å². The molecule has 3 aromatic carbocycles. The van der Waals surface area contributed by atoms with Crippen LogP contribution in [0.5, 0.6) is 11.5 Å². The van der Waals surface area contributed by atoms with Gasteiger partial charge < -0.3 is 14.8 Å². The highest BCUT2D eigenvalue weighted by Crippen LogP contribution is 2.33. The monoisotopic (exact) mass is 486 g/mol. The molecule has 0 saturated carbocycles. The molecule has 0 aliphatic heterocycles. The molecule has 2 amide bonds. The number of amides is 2. The topological polar surface area (TPSA) is 93.7 Å². The second-order valence-corrected chi connectivity index (χ2v) is 7.64. The minimum Gasteiger partial charge on any atom is -0.497 e. The van der Waals surface area contributed by atoms with Gasteiger partial charge in [-0.25, -0.2) is 9.37 Å². The van der Waals surface area contributed by atoms with Gasteiger partial charge in [0.15, 0.2) is 0 Å². The Kier molecular flexibility index (Phi) is 7.50. The van der Waals surface area contributed by atoms with Crippen molar-refractivity contribution in [2.75, 3.05) is 24.4 Å². The number of rotatable bonds is 8. The lowest BCUT2D eigenvalue weighted by molar-refractivity contribution is -0.117. The second-order valence-electron chi connectivity index (χ2n) is 7.64. The van der Waals surface area contributed by atoms with E-state index in [2.05, 4.69) is 15.3 Å². The maximum atomic E-state index is 13.8. The molecule has 0 saturated heterocycles. The Morgan fingerprint density at radius 2 is 1.64 bits per heavy atom. The van der Waals surface area contributed by atoms with E-state index in [-0.39, 0.29) is 5.69 Å². The van der Waals surface area contributed by atoms with Gasteiger partial charge in [0.05, 0.1) is 20.4 Å². The van der Waals surface area contributed by atoms with Crippen LogP contribution < -0.4 is 19.7 Å². The SMILES string of the molecule is COc1ccc(N(C(=O)c2cnccn2)C(C(=O)Nc2ccc(F)cc2)c2cccc(OC)c2)cc1. The largest absolute Gasteiger partial charge is 0.497 e. The van der Waals surface area contributed by atoms with Gasteiger partial charge >= 0.3 is 0 Å². The molecule has 1 heterocycles. The summed E-state index contributed by atoms with van der Waals surface area (Å²) >= 11 is 0. The van der Waals surface area contributed by atoms with Crippen LogP contribution in [0.3, 0.4) is 0 Å². The van der Waals surface area contributed by atoms with E-state index in [9.17, 15) is 14.0 Å². The summed E-state index contributed by atoms with van der Waals surface area (Å²) in [5.41, 5.74) is 1.34. The van der Waals surface area contributed by atoms with Gasteiger partial charge in [-0.15, -0.1) is 0 Å². The molecule has 0 bridgehead atoms. The molecule has 1 unspecified atom stereocenters. The third-order valence-electron chi connectivity index (χ3n) is 5.38. The molecule has 182 valence electrons. The third-order valence-corrected chi connectivity index (χ3v) is 5.38. The number of nitrogens with zero attached hydrogens (tertiary/aromatic N) is 3. The van der Waals surface area contributed by atoms with Crippen LogP contribution in [0.25, 0.3) is 0 Å². The van der Waals surface area contributed by atoms with Crippen LogP contribution in [0.15, 0.2) is 91.4 Å². The first-order chi connectivity index (χ1) is 17.5. The van der Waals surface area contributed by atoms with Crippen molar-refractivity contribution in [1.29, 1.82) is 0 Å². The summed E-state index contributed by atoms with van der Waals surface area (Å²) in [6.07, 6.45) is 4.19. The summed E-state index contributed by atoms with van der Waals surface area (Å²) in [5, 5.41) is 2.78. The van der Waals surface area contributed by atoms with Crippen molar-refractivity contribution >= 4 is 23.2 Å². The van der Waals surface area contributed by atoms with Crippen LogP contribution in [0, 0.1) is 5.82 Å². The standard InChI is InChI=1S/C27H23FN4O4/c1-35-22-12-10-21(11-13-22)32(27(34)24-17-29-14-15-30-24)25(18-4-3-5-23(16-18)36-2)26(33)31-20-8-6-19(28)7-9-20/h3-17,25H,1-2H3,(H,31,33). The summed E-state index contributed by atoms with van der Waals surface area (Å²) in [6, 6.07) is 17.8. The zero-order valence-corrected chi connectivity index (χ0v) is 19.6. The molecule has 36 heavy (non-hydrogen) atoms. The van der Waals surface area contributed by atoms with Crippen LogP contribution in [0.2, 0.25) is 0 Å². The fourth-order valence-electron chi connectivity index (χ4n) is 3.63. The number of carbonyl (C=O) groups excluding carboxylic acids is 2. The maximum Gasteiger partial charge on any atom is 0.279 e. The van der Waals surface area contributed by atoms with Crippen molar-refractivity contribution in [3.05, 3.63) is 108 Å². The summed E-state index contributed by atoms with van der Waals surface area (Å²) in [5.74, 6) is -0.415. The van der Waals surface area contributed by atoms with Gasteiger partial charge in [0, 0.05) is 23.8 Å². The molecule has 1 aromatic heterocycles. The molecular formula is C27H23FN4O4. The smallest absolute Gasteiger partial charge is 0.279 e. The van der Waals surface area contributed by atoms with Gasteiger partial charge in [-0.3, -0.25) is 19.5 Å². The number of methoxy groups -OCH3 is 2. The first-order valence-electron chi connectivity index (χ1n) is 10.9. The first-order valence-corrected chi connectivity index (χ1v) is 10.9. The number of carbonyl (C=O) groups is 2. The number of aromatic nitrogens is 2. The molecule has 0 spiro atoms. The molecule has 0 aliphatic rings. The highest BCUT2D eigenvalue weighted by atomic mass is 19.1. The molecule has 4 aromatic rings. The van der Waals surface area contributed by atoms with Crippen LogP contribution >= 0.6 is 0 Å². The molecule has 8 nitrogen and oxygen atoms in total. The van der Waals surface area contributed by atoms with Crippen LogP contribution in [-0.4, -0.2) is 36.0 Å². The number of halogens is 1. The minimum absolute atomic E-state index is 0.0517. The average Bonchev–Trinajstić information content (AvgIpc) is 2.93. The van der Waals surface area contributed by atoms with Gasteiger partial charge in [-0.1, -0.05) is 12.1 Å². The first kappa shape index (κ1) is 24.3. The summed E-state index contributed by atoms with van der Waals surface area (Å²) in [4.78, 5) is 37.1. The van der Waals surface area contributed by atoms with Gasteiger partial charge in [-0.2, -0.15) is 0 Å². The molecule has 0 radical (unpaired) electrons. The van der Waals surface area contributed by atoms with Gasteiger partial charge in [0.2, 0.25) is 0 Å². The third kappa shape index (κ3) is 5.47. The number of anilines is 2. The molecule has 0 aliphatic carbocycles. The van der Waals surface area contributed by atoms with Crippen molar-refractivity contribution in [3.63, 3.8) is 0 Å².